The molecule has 6 nitrogen and oxygen atoms in total. The number of benzene rings is 1. The van der Waals surface area contributed by atoms with Gasteiger partial charge in [-0.25, -0.2) is 0 Å². The van der Waals surface area contributed by atoms with E-state index in [0.29, 0.717) is 17.1 Å². The van der Waals surface area contributed by atoms with E-state index in [2.05, 4.69) is 0 Å². The summed E-state index contributed by atoms with van der Waals surface area (Å²) in [5, 5.41) is 11.0. The highest BCUT2D eigenvalue weighted by Gasteiger charge is 2.47. The Labute approximate surface area is 158 Å². The Morgan fingerprint density at radius 1 is 1.19 bits per heavy atom. The largest absolute Gasteiger partial charge is 0.507 e. The average Bonchev–Trinajstić information content (AvgIpc) is 3.17. The van der Waals surface area contributed by atoms with Gasteiger partial charge in [-0.2, -0.15) is 0 Å². The lowest BCUT2D eigenvalue weighted by atomic mass is 9.96. The van der Waals surface area contributed by atoms with Gasteiger partial charge < -0.3 is 19.2 Å². The van der Waals surface area contributed by atoms with Gasteiger partial charge in [-0.05, 0) is 44.5 Å². The number of furan rings is 1. The Bertz CT molecular complexity index is 924. The minimum Gasteiger partial charge on any atom is -0.507 e. The van der Waals surface area contributed by atoms with Crippen molar-refractivity contribution in [3.8, 4) is 0 Å². The third-order valence-electron chi connectivity index (χ3n) is 4.76. The summed E-state index contributed by atoms with van der Waals surface area (Å²) in [5.41, 5.74) is 2.34. The van der Waals surface area contributed by atoms with Gasteiger partial charge >= 0.3 is 0 Å². The molecule has 0 aliphatic carbocycles. The molecule has 0 saturated carbocycles. The minimum absolute atomic E-state index is 0.0409. The second-order valence-electron chi connectivity index (χ2n) is 6.75. The molecule has 6 heteroatoms. The highest BCUT2D eigenvalue weighted by molar-refractivity contribution is 6.46. The molecule has 2 aromatic rings. The van der Waals surface area contributed by atoms with Crippen molar-refractivity contribution in [1.29, 1.82) is 0 Å². The second kappa shape index (κ2) is 7.40. The zero-order valence-electron chi connectivity index (χ0n) is 15.9. The van der Waals surface area contributed by atoms with Crippen LogP contribution in [0.4, 0.5) is 0 Å². The van der Waals surface area contributed by atoms with E-state index in [-0.39, 0.29) is 24.5 Å². The molecule has 1 N–H and O–H groups in total. The molecule has 1 amide bonds. The molecule has 1 saturated heterocycles. The molecule has 142 valence electrons. The van der Waals surface area contributed by atoms with Crippen molar-refractivity contribution in [2.75, 3.05) is 20.3 Å². The fraction of sp³-hybridized carbons (Fsp3) is 0.333. The van der Waals surface area contributed by atoms with Gasteiger partial charge in [-0.3, -0.25) is 9.59 Å². The Balaban J connectivity index is 2.19. The van der Waals surface area contributed by atoms with Crippen molar-refractivity contribution in [3.63, 3.8) is 0 Å². The number of hydrogen-bond acceptors (Lipinski definition) is 5. The van der Waals surface area contributed by atoms with E-state index in [9.17, 15) is 14.7 Å². The fourth-order valence-corrected chi connectivity index (χ4v) is 3.33. The van der Waals surface area contributed by atoms with Gasteiger partial charge in [0.05, 0.1) is 12.2 Å². The summed E-state index contributed by atoms with van der Waals surface area (Å²) in [5.74, 6) is -0.473. The lowest BCUT2D eigenvalue weighted by Gasteiger charge is -2.23. The van der Waals surface area contributed by atoms with Crippen LogP contribution in [0.25, 0.3) is 5.76 Å². The van der Waals surface area contributed by atoms with Gasteiger partial charge in [0.2, 0.25) is 0 Å². The van der Waals surface area contributed by atoms with Crippen LogP contribution in [0, 0.1) is 20.8 Å². The maximum Gasteiger partial charge on any atom is 0.295 e. The Hall–Kier alpha value is -2.86. The molecule has 1 aliphatic heterocycles. The Morgan fingerprint density at radius 3 is 2.56 bits per heavy atom. The lowest BCUT2D eigenvalue weighted by molar-refractivity contribution is -0.140. The van der Waals surface area contributed by atoms with Gasteiger partial charge in [0, 0.05) is 19.2 Å². The van der Waals surface area contributed by atoms with E-state index in [1.54, 1.807) is 25.1 Å². The van der Waals surface area contributed by atoms with Crippen LogP contribution in [0.5, 0.6) is 0 Å². The smallest absolute Gasteiger partial charge is 0.295 e. The number of aliphatic hydroxyl groups is 1. The van der Waals surface area contributed by atoms with Crippen molar-refractivity contribution in [3.05, 3.63) is 64.1 Å². The standard InChI is InChI=1S/C21H23NO5/c1-12-5-6-13(2)15(11-12)19(23)17-18(16-8-7-14(3)27-16)22(9-10-26-4)21(25)20(17)24/h5-8,11,18,23H,9-10H2,1-4H3. The number of nitrogens with zero attached hydrogens (tertiary/aromatic N) is 1. The molecule has 27 heavy (non-hydrogen) atoms. The number of likely N-dealkylation sites (tertiary alicyclic amines) is 1. The van der Waals surface area contributed by atoms with Crippen LogP contribution in [0.3, 0.4) is 0 Å². The van der Waals surface area contributed by atoms with E-state index in [1.165, 1.54) is 12.0 Å². The number of Topliss-reactive ketones (excluding diaryl/α,β-unsaturated/α-hetero) is 1. The first-order valence-electron chi connectivity index (χ1n) is 8.76. The van der Waals surface area contributed by atoms with Crippen LogP contribution < -0.4 is 0 Å². The van der Waals surface area contributed by atoms with Gasteiger partial charge in [-0.1, -0.05) is 17.7 Å². The molecular weight excluding hydrogens is 346 g/mol. The molecule has 0 bridgehead atoms. The summed E-state index contributed by atoms with van der Waals surface area (Å²) in [7, 11) is 1.53. The molecule has 0 spiro atoms. The molecule has 1 aromatic heterocycles. The van der Waals surface area contributed by atoms with E-state index in [4.69, 9.17) is 9.15 Å². The number of rotatable bonds is 5. The van der Waals surface area contributed by atoms with Crippen molar-refractivity contribution >= 4 is 17.4 Å². The predicted octanol–water partition coefficient (Wildman–Crippen LogP) is 3.27. The first-order chi connectivity index (χ1) is 12.8. The summed E-state index contributed by atoms with van der Waals surface area (Å²) in [6.07, 6.45) is 0. The molecule has 1 aromatic carbocycles. The summed E-state index contributed by atoms with van der Waals surface area (Å²) < 4.78 is 10.8. The van der Waals surface area contributed by atoms with Gasteiger partial charge in [0.1, 0.15) is 23.3 Å². The van der Waals surface area contributed by atoms with Crippen molar-refractivity contribution in [1.82, 2.24) is 4.90 Å². The van der Waals surface area contributed by atoms with E-state index >= 15 is 0 Å². The summed E-state index contributed by atoms with van der Waals surface area (Å²) in [6.45, 7) is 6.03. The molecule has 1 unspecified atom stereocenters. The monoisotopic (exact) mass is 369 g/mol. The van der Waals surface area contributed by atoms with Crippen LogP contribution >= 0.6 is 0 Å². The summed E-state index contributed by atoms with van der Waals surface area (Å²) in [4.78, 5) is 26.8. The Kier molecular flexibility index (Phi) is 5.19. The molecule has 0 radical (unpaired) electrons. The maximum atomic E-state index is 12.8. The third-order valence-corrected chi connectivity index (χ3v) is 4.76. The number of methoxy groups -OCH3 is 1. The van der Waals surface area contributed by atoms with Crippen LogP contribution in [0.2, 0.25) is 0 Å². The summed E-state index contributed by atoms with van der Waals surface area (Å²) in [6, 6.07) is 8.31. The topological polar surface area (TPSA) is 80.0 Å². The molecule has 1 atom stereocenters. The zero-order chi connectivity index (χ0) is 19.7. The number of aryl methyl sites for hydroxylation is 3. The average molecular weight is 369 g/mol. The number of ketones is 1. The number of carbonyl (C=O) groups is 2. The SMILES string of the molecule is COCCN1C(=O)C(=O)C(=C(O)c2cc(C)ccc2C)C1c1ccc(C)o1. The lowest BCUT2D eigenvalue weighted by Crippen LogP contribution is -2.32. The number of amides is 1. The van der Waals surface area contributed by atoms with Crippen LogP contribution in [-0.2, 0) is 14.3 Å². The minimum atomic E-state index is -0.784. The fourth-order valence-electron chi connectivity index (χ4n) is 3.33. The predicted molar refractivity (Wildman–Crippen MR) is 100 cm³/mol. The van der Waals surface area contributed by atoms with E-state index in [1.807, 2.05) is 26.0 Å². The first kappa shape index (κ1) is 18.9. The summed E-state index contributed by atoms with van der Waals surface area (Å²) >= 11 is 0. The zero-order valence-corrected chi connectivity index (χ0v) is 15.9. The second-order valence-corrected chi connectivity index (χ2v) is 6.75. The van der Waals surface area contributed by atoms with E-state index < -0.39 is 17.7 Å². The van der Waals surface area contributed by atoms with Crippen molar-refractivity contribution < 1.29 is 23.8 Å². The number of aliphatic hydroxyl groups excluding tert-OH is 1. The number of hydrogen-bond donors (Lipinski definition) is 1. The molecular formula is C21H23NO5. The molecule has 1 aliphatic rings. The van der Waals surface area contributed by atoms with Gasteiger partial charge in [-0.15, -0.1) is 0 Å². The van der Waals surface area contributed by atoms with Gasteiger partial charge in [0.15, 0.2) is 0 Å². The number of ether oxygens (including phenoxy) is 1. The van der Waals surface area contributed by atoms with Gasteiger partial charge in [0.25, 0.3) is 11.7 Å². The number of carbonyl (C=O) groups excluding carboxylic acids is 2. The highest BCUT2D eigenvalue weighted by Crippen LogP contribution is 2.40. The molecule has 1 fully saturated rings. The van der Waals surface area contributed by atoms with Crippen molar-refractivity contribution in [2.24, 2.45) is 0 Å². The van der Waals surface area contributed by atoms with Crippen molar-refractivity contribution in [2.45, 2.75) is 26.8 Å². The highest BCUT2D eigenvalue weighted by atomic mass is 16.5. The van der Waals surface area contributed by atoms with E-state index in [0.717, 1.165) is 11.1 Å². The molecule has 3 rings (SSSR count). The normalized spacial score (nSPS) is 19.1. The maximum absolute atomic E-state index is 12.8. The van der Waals surface area contributed by atoms with Crippen LogP contribution in [-0.4, -0.2) is 42.0 Å². The van der Waals surface area contributed by atoms with Crippen LogP contribution in [0.1, 0.15) is 34.3 Å². The Morgan fingerprint density at radius 2 is 1.93 bits per heavy atom. The third kappa shape index (κ3) is 3.40. The quantitative estimate of drug-likeness (QED) is 0.497. The van der Waals surface area contributed by atoms with Crippen LogP contribution in [0.15, 0.2) is 40.3 Å². The molecule has 2 heterocycles. The first-order valence-corrected chi connectivity index (χ1v) is 8.76.